The number of likely N-dealkylation sites (tertiary alicyclic amines) is 1. The molecule has 1 heterocycles. The molecule has 1 saturated heterocycles. The van der Waals surface area contributed by atoms with Gasteiger partial charge in [0.2, 0.25) is 0 Å². The lowest BCUT2D eigenvalue weighted by molar-refractivity contribution is 0.316. The molecule has 0 aromatic rings. The molecule has 0 saturated carbocycles. The molecule has 0 amide bonds. The molecule has 1 radical (unpaired) electrons. The quantitative estimate of drug-likeness (QED) is 0.556. The molecule has 1 nitrogen and oxygen atoms in total. The van der Waals surface area contributed by atoms with Crippen molar-refractivity contribution in [1.29, 1.82) is 0 Å². The van der Waals surface area contributed by atoms with Gasteiger partial charge in [0.05, 0.1) is 6.67 Å². The first-order valence-electron chi connectivity index (χ1n) is 3.53. The van der Waals surface area contributed by atoms with Crippen molar-refractivity contribution in [3.05, 3.63) is 6.42 Å². The van der Waals surface area contributed by atoms with Gasteiger partial charge in [0.15, 0.2) is 0 Å². The molecule has 2 heteroatoms. The SMILES string of the molecule is FCCCN1C[CH]CC1. The minimum atomic E-state index is -0.170. The van der Waals surface area contributed by atoms with Crippen LogP contribution >= 0.6 is 0 Å². The molecule has 0 bridgehead atoms. The number of hydrogen-bond acceptors (Lipinski definition) is 1. The molecule has 1 aliphatic rings. The van der Waals surface area contributed by atoms with Crippen LogP contribution in [0.4, 0.5) is 4.39 Å². The summed E-state index contributed by atoms with van der Waals surface area (Å²) >= 11 is 0. The summed E-state index contributed by atoms with van der Waals surface area (Å²) in [7, 11) is 0. The van der Waals surface area contributed by atoms with Crippen LogP contribution in [0.3, 0.4) is 0 Å². The average Bonchev–Trinajstić information content (AvgIpc) is 2.34. The Morgan fingerprint density at radius 1 is 1.56 bits per heavy atom. The van der Waals surface area contributed by atoms with Gasteiger partial charge in [-0.3, -0.25) is 4.39 Å². The Kier molecular flexibility index (Phi) is 2.98. The van der Waals surface area contributed by atoms with E-state index < -0.39 is 0 Å². The van der Waals surface area contributed by atoms with E-state index in [0.29, 0.717) is 6.42 Å². The molecule has 1 fully saturated rings. The zero-order chi connectivity index (χ0) is 6.53. The Hall–Kier alpha value is -0.110. The molecule has 1 rings (SSSR count). The molecule has 0 N–H and O–H groups in total. The summed E-state index contributed by atoms with van der Waals surface area (Å²) in [4.78, 5) is 2.28. The highest BCUT2D eigenvalue weighted by molar-refractivity contribution is 4.80. The molecule has 0 aromatic heterocycles. The summed E-state index contributed by atoms with van der Waals surface area (Å²) in [6.45, 7) is 2.98. The lowest BCUT2D eigenvalue weighted by atomic mass is 10.4. The van der Waals surface area contributed by atoms with Crippen molar-refractivity contribution in [3.8, 4) is 0 Å². The Balaban J connectivity index is 1.98. The molecular weight excluding hydrogens is 117 g/mol. The van der Waals surface area contributed by atoms with Crippen LogP contribution in [0.5, 0.6) is 0 Å². The van der Waals surface area contributed by atoms with E-state index in [-0.39, 0.29) is 6.67 Å². The van der Waals surface area contributed by atoms with E-state index in [2.05, 4.69) is 11.3 Å². The van der Waals surface area contributed by atoms with Gasteiger partial charge in [0.25, 0.3) is 0 Å². The van der Waals surface area contributed by atoms with E-state index >= 15 is 0 Å². The maximum atomic E-state index is 11.6. The predicted octanol–water partition coefficient (Wildman–Crippen LogP) is 1.26. The first kappa shape index (κ1) is 7.00. The van der Waals surface area contributed by atoms with Gasteiger partial charge in [-0.1, -0.05) is 0 Å². The van der Waals surface area contributed by atoms with Crippen molar-refractivity contribution in [2.75, 3.05) is 26.3 Å². The second kappa shape index (κ2) is 3.83. The van der Waals surface area contributed by atoms with Crippen LogP contribution in [0.1, 0.15) is 12.8 Å². The second-order valence-corrected chi connectivity index (χ2v) is 2.42. The Labute approximate surface area is 55.8 Å². The fraction of sp³-hybridized carbons (Fsp3) is 0.857. The van der Waals surface area contributed by atoms with Crippen molar-refractivity contribution in [2.45, 2.75) is 12.8 Å². The van der Waals surface area contributed by atoms with Gasteiger partial charge < -0.3 is 4.90 Å². The van der Waals surface area contributed by atoms with E-state index in [1.54, 1.807) is 0 Å². The molecule has 1 aliphatic heterocycles. The highest BCUT2D eigenvalue weighted by Gasteiger charge is 2.09. The third-order valence-electron chi connectivity index (χ3n) is 1.64. The van der Waals surface area contributed by atoms with E-state index in [1.165, 1.54) is 6.42 Å². The monoisotopic (exact) mass is 130 g/mol. The van der Waals surface area contributed by atoms with Crippen molar-refractivity contribution in [3.63, 3.8) is 0 Å². The number of hydrogen-bond donors (Lipinski definition) is 0. The fourth-order valence-corrected chi connectivity index (χ4v) is 1.13. The Bertz CT molecular complexity index is 69.3. The summed E-state index contributed by atoms with van der Waals surface area (Å²) in [5, 5.41) is 0. The van der Waals surface area contributed by atoms with Crippen LogP contribution in [0, 0.1) is 6.42 Å². The van der Waals surface area contributed by atoms with E-state index in [1.807, 2.05) is 0 Å². The average molecular weight is 130 g/mol. The maximum Gasteiger partial charge on any atom is 0.0906 e. The van der Waals surface area contributed by atoms with Crippen molar-refractivity contribution < 1.29 is 4.39 Å². The van der Waals surface area contributed by atoms with Crippen LogP contribution < -0.4 is 0 Å². The maximum absolute atomic E-state index is 11.6. The van der Waals surface area contributed by atoms with Crippen molar-refractivity contribution >= 4 is 0 Å². The van der Waals surface area contributed by atoms with Crippen molar-refractivity contribution in [1.82, 2.24) is 4.90 Å². The minimum Gasteiger partial charge on any atom is -0.303 e. The zero-order valence-corrected chi connectivity index (χ0v) is 5.65. The summed E-state index contributed by atoms with van der Waals surface area (Å²) in [5.41, 5.74) is 0. The first-order valence-corrected chi connectivity index (χ1v) is 3.53. The van der Waals surface area contributed by atoms with Crippen LogP contribution in [0.15, 0.2) is 0 Å². The Morgan fingerprint density at radius 3 is 3.00 bits per heavy atom. The third kappa shape index (κ3) is 2.31. The highest BCUT2D eigenvalue weighted by Crippen LogP contribution is 2.05. The van der Waals surface area contributed by atoms with Gasteiger partial charge >= 0.3 is 0 Å². The van der Waals surface area contributed by atoms with Crippen molar-refractivity contribution in [2.24, 2.45) is 0 Å². The lowest BCUT2D eigenvalue weighted by Gasteiger charge is -2.11. The predicted molar refractivity (Wildman–Crippen MR) is 35.9 cm³/mol. The number of halogens is 1. The fourth-order valence-electron chi connectivity index (χ4n) is 1.13. The zero-order valence-electron chi connectivity index (χ0n) is 5.65. The van der Waals surface area contributed by atoms with Gasteiger partial charge in [0, 0.05) is 13.1 Å². The minimum absolute atomic E-state index is 0.170. The van der Waals surface area contributed by atoms with Gasteiger partial charge in [0.1, 0.15) is 0 Å². The smallest absolute Gasteiger partial charge is 0.0906 e. The molecular formula is C7H13FN. The summed E-state index contributed by atoms with van der Waals surface area (Å²) in [6.07, 6.45) is 4.14. The topological polar surface area (TPSA) is 3.24 Å². The second-order valence-electron chi connectivity index (χ2n) is 2.42. The summed E-state index contributed by atoms with van der Waals surface area (Å²) in [5.74, 6) is 0. The van der Waals surface area contributed by atoms with E-state index in [9.17, 15) is 4.39 Å². The molecule has 0 atom stereocenters. The molecule has 0 aromatic carbocycles. The van der Waals surface area contributed by atoms with E-state index in [0.717, 1.165) is 19.6 Å². The normalized spacial score (nSPS) is 21.0. The van der Waals surface area contributed by atoms with Gasteiger partial charge in [-0.05, 0) is 25.8 Å². The Morgan fingerprint density at radius 2 is 2.44 bits per heavy atom. The lowest BCUT2D eigenvalue weighted by Crippen LogP contribution is -2.20. The van der Waals surface area contributed by atoms with Crippen LogP contribution in [0.25, 0.3) is 0 Å². The summed E-state index contributed by atoms with van der Waals surface area (Å²) in [6, 6.07) is 0. The molecule has 0 aliphatic carbocycles. The third-order valence-corrected chi connectivity index (χ3v) is 1.64. The number of alkyl halides is 1. The highest BCUT2D eigenvalue weighted by atomic mass is 19.1. The summed E-state index contributed by atoms with van der Waals surface area (Å²) < 4.78 is 11.6. The number of nitrogens with zero attached hydrogens (tertiary/aromatic N) is 1. The van der Waals surface area contributed by atoms with E-state index in [4.69, 9.17) is 0 Å². The molecule has 53 valence electrons. The van der Waals surface area contributed by atoms with Gasteiger partial charge in [-0.2, -0.15) is 0 Å². The molecule has 0 unspecified atom stereocenters. The first-order chi connectivity index (χ1) is 4.43. The van der Waals surface area contributed by atoms with Gasteiger partial charge in [-0.25, -0.2) is 0 Å². The molecule has 9 heavy (non-hydrogen) atoms. The van der Waals surface area contributed by atoms with Gasteiger partial charge in [-0.15, -0.1) is 0 Å². The number of rotatable bonds is 3. The van der Waals surface area contributed by atoms with Crippen LogP contribution in [-0.2, 0) is 0 Å². The van der Waals surface area contributed by atoms with Crippen LogP contribution in [0.2, 0.25) is 0 Å². The standard InChI is InChI=1S/C7H13FN/c8-4-3-7-9-5-1-2-6-9/h1H,2-7H2. The largest absolute Gasteiger partial charge is 0.303 e. The molecule has 0 spiro atoms. The van der Waals surface area contributed by atoms with Crippen LogP contribution in [-0.4, -0.2) is 31.2 Å².